The van der Waals surface area contributed by atoms with Crippen molar-refractivity contribution in [1.82, 2.24) is 14.8 Å². The summed E-state index contributed by atoms with van der Waals surface area (Å²) in [6.07, 6.45) is 0. The van der Waals surface area contributed by atoms with Crippen LogP contribution in [-0.2, 0) is 11.3 Å². The van der Waals surface area contributed by atoms with Gasteiger partial charge in [-0.3, -0.25) is 4.79 Å². The summed E-state index contributed by atoms with van der Waals surface area (Å²) in [5.41, 5.74) is 0.380. The van der Waals surface area contributed by atoms with E-state index in [1.165, 1.54) is 23.9 Å². The molecule has 2 aromatic heterocycles. The minimum Gasteiger partial charge on any atom is -0.324 e. The molecule has 1 amide bonds. The van der Waals surface area contributed by atoms with Gasteiger partial charge in [0.2, 0.25) is 5.91 Å². The largest absolute Gasteiger partial charge is 0.324 e. The van der Waals surface area contributed by atoms with Gasteiger partial charge in [0, 0.05) is 6.54 Å². The third kappa shape index (κ3) is 4.20. The zero-order valence-electron chi connectivity index (χ0n) is 13.2. The summed E-state index contributed by atoms with van der Waals surface area (Å²) in [5, 5.41) is 13.9. The van der Waals surface area contributed by atoms with Crippen LogP contribution in [0.3, 0.4) is 0 Å². The molecule has 130 valence electrons. The molecule has 0 atom stereocenters. The molecule has 5 nitrogen and oxygen atoms in total. The second-order valence-electron chi connectivity index (χ2n) is 4.99. The molecular formula is C16H14ClFN4OS2. The Morgan fingerprint density at radius 3 is 2.92 bits per heavy atom. The van der Waals surface area contributed by atoms with Crippen molar-refractivity contribution in [2.24, 2.45) is 0 Å². The molecule has 1 aromatic carbocycles. The molecule has 25 heavy (non-hydrogen) atoms. The normalized spacial score (nSPS) is 10.8. The van der Waals surface area contributed by atoms with E-state index in [0.29, 0.717) is 17.4 Å². The minimum atomic E-state index is -0.450. The van der Waals surface area contributed by atoms with Crippen LogP contribution >= 0.6 is 34.7 Å². The molecule has 9 heteroatoms. The van der Waals surface area contributed by atoms with Gasteiger partial charge in [-0.15, -0.1) is 21.5 Å². The molecule has 0 saturated heterocycles. The van der Waals surface area contributed by atoms with Gasteiger partial charge in [0.25, 0.3) is 0 Å². The number of anilines is 1. The predicted molar refractivity (Wildman–Crippen MR) is 99.8 cm³/mol. The van der Waals surface area contributed by atoms with E-state index in [1.807, 2.05) is 29.0 Å². The van der Waals surface area contributed by atoms with Crippen molar-refractivity contribution in [3.63, 3.8) is 0 Å². The van der Waals surface area contributed by atoms with E-state index < -0.39 is 5.82 Å². The summed E-state index contributed by atoms with van der Waals surface area (Å²) in [4.78, 5) is 13.1. The molecule has 0 unspecified atom stereocenters. The van der Waals surface area contributed by atoms with Gasteiger partial charge in [-0.2, -0.15) is 0 Å². The number of carbonyl (C=O) groups excluding carboxylic acids is 1. The minimum absolute atomic E-state index is 0.149. The monoisotopic (exact) mass is 396 g/mol. The average Bonchev–Trinajstić information content (AvgIpc) is 3.24. The van der Waals surface area contributed by atoms with Gasteiger partial charge < -0.3 is 9.88 Å². The standard InChI is InChI=1S/C16H14ClFN4OS2/c1-2-22-15(13-4-3-7-24-13)20-21-16(22)25-9-14(23)19-12-6-5-10(18)8-11(12)17/h3-8H,2,9H2,1H3,(H,19,23). The Morgan fingerprint density at radius 1 is 1.40 bits per heavy atom. The Labute approximate surface area is 157 Å². The van der Waals surface area contributed by atoms with Crippen molar-refractivity contribution in [3.05, 3.63) is 46.6 Å². The van der Waals surface area contributed by atoms with Crippen molar-refractivity contribution >= 4 is 46.3 Å². The first kappa shape index (κ1) is 17.9. The second-order valence-corrected chi connectivity index (χ2v) is 7.29. The summed E-state index contributed by atoms with van der Waals surface area (Å²) in [6.45, 7) is 2.71. The summed E-state index contributed by atoms with van der Waals surface area (Å²) >= 11 is 8.79. The number of thioether (sulfide) groups is 1. The van der Waals surface area contributed by atoms with Crippen molar-refractivity contribution in [1.29, 1.82) is 0 Å². The molecule has 2 heterocycles. The average molecular weight is 397 g/mol. The number of thiophene rings is 1. The molecule has 1 N–H and O–H groups in total. The molecule has 0 bridgehead atoms. The number of halogens is 2. The van der Waals surface area contributed by atoms with E-state index in [9.17, 15) is 9.18 Å². The van der Waals surface area contributed by atoms with Crippen LogP contribution in [0.1, 0.15) is 6.92 Å². The molecule has 0 aliphatic rings. The Morgan fingerprint density at radius 2 is 2.24 bits per heavy atom. The number of nitrogens with zero attached hydrogens (tertiary/aromatic N) is 3. The molecule has 0 spiro atoms. The molecular weight excluding hydrogens is 383 g/mol. The van der Waals surface area contributed by atoms with Crippen molar-refractivity contribution < 1.29 is 9.18 Å². The number of amides is 1. The number of benzene rings is 1. The lowest BCUT2D eigenvalue weighted by Gasteiger charge is -2.08. The first-order chi connectivity index (χ1) is 12.1. The Balaban J connectivity index is 1.66. The summed E-state index contributed by atoms with van der Waals surface area (Å²) in [7, 11) is 0. The first-order valence-corrected chi connectivity index (χ1v) is 9.67. The van der Waals surface area contributed by atoms with E-state index in [4.69, 9.17) is 11.6 Å². The van der Waals surface area contributed by atoms with E-state index >= 15 is 0 Å². The maximum absolute atomic E-state index is 13.0. The van der Waals surface area contributed by atoms with E-state index in [0.717, 1.165) is 16.8 Å². The maximum Gasteiger partial charge on any atom is 0.234 e. The lowest BCUT2D eigenvalue weighted by atomic mass is 10.3. The van der Waals surface area contributed by atoms with Crippen molar-refractivity contribution in [2.45, 2.75) is 18.6 Å². The number of hydrogen-bond donors (Lipinski definition) is 1. The van der Waals surface area contributed by atoms with Crippen LogP contribution in [0, 0.1) is 5.82 Å². The summed E-state index contributed by atoms with van der Waals surface area (Å²) < 4.78 is 15.0. The smallest absolute Gasteiger partial charge is 0.234 e. The number of aromatic nitrogens is 3. The number of rotatable bonds is 6. The Kier molecular flexibility index (Phi) is 5.72. The third-order valence-corrected chi connectivity index (χ3v) is 5.46. The Hall–Kier alpha value is -1.90. The summed E-state index contributed by atoms with van der Waals surface area (Å²) in [5.74, 6) is 0.245. The van der Waals surface area contributed by atoms with Gasteiger partial charge in [0.05, 0.1) is 21.3 Å². The van der Waals surface area contributed by atoms with Gasteiger partial charge in [-0.05, 0) is 36.6 Å². The molecule has 3 aromatic rings. The third-order valence-electron chi connectivity index (χ3n) is 3.31. The first-order valence-electron chi connectivity index (χ1n) is 7.43. The van der Waals surface area contributed by atoms with E-state index in [1.54, 1.807) is 11.3 Å². The van der Waals surface area contributed by atoms with Crippen LogP contribution in [0.4, 0.5) is 10.1 Å². The van der Waals surface area contributed by atoms with E-state index in [2.05, 4.69) is 15.5 Å². The van der Waals surface area contributed by atoms with Crippen LogP contribution in [0.5, 0.6) is 0 Å². The Bertz CT molecular complexity index is 882. The second kappa shape index (κ2) is 7.99. The van der Waals surface area contributed by atoms with Crippen LogP contribution in [-0.4, -0.2) is 26.4 Å². The van der Waals surface area contributed by atoms with Crippen LogP contribution in [0.2, 0.25) is 5.02 Å². The molecule has 0 fully saturated rings. The van der Waals surface area contributed by atoms with E-state index in [-0.39, 0.29) is 16.7 Å². The topological polar surface area (TPSA) is 59.8 Å². The predicted octanol–water partition coefficient (Wildman–Crippen LogP) is 4.55. The van der Waals surface area contributed by atoms with Gasteiger partial charge in [-0.25, -0.2) is 4.39 Å². The summed E-state index contributed by atoms with van der Waals surface area (Å²) in [6, 6.07) is 7.78. The molecule has 3 rings (SSSR count). The lowest BCUT2D eigenvalue weighted by molar-refractivity contribution is -0.113. The van der Waals surface area contributed by atoms with Gasteiger partial charge >= 0.3 is 0 Å². The van der Waals surface area contributed by atoms with Crippen LogP contribution < -0.4 is 5.32 Å². The maximum atomic E-state index is 13.0. The molecule has 0 saturated carbocycles. The number of nitrogens with one attached hydrogen (secondary N) is 1. The van der Waals surface area contributed by atoms with Gasteiger partial charge in [-0.1, -0.05) is 29.4 Å². The van der Waals surface area contributed by atoms with Crippen molar-refractivity contribution in [3.8, 4) is 10.7 Å². The fraction of sp³-hybridized carbons (Fsp3) is 0.188. The van der Waals surface area contributed by atoms with Gasteiger partial charge in [0.1, 0.15) is 5.82 Å². The highest BCUT2D eigenvalue weighted by atomic mass is 35.5. The highest BCUT2D eigenvalue weighted by Crippen LogP contribution is 2.27. The fourth-order valence-electron chi connectivity index (χ4n) is 2.18. The van der Waals surface area contributed by atoms with Crippen LogP contribution in [0.15, 0.2) is 40.9 Å². The molecule has 0 radical (unpaired) electrons. The van der Waals surface area contributed by atoms with Gasteiger partial charge in [0.15, 0.2) is 11.0 Å². The number of hydrogen-bond acceptors (Lipinski definition) is 5. The van der Waals surface area contributed by atoms with Crippen LogP contribution in [0.25, 0.3) is 10.7 Å². The zero-order valence-corrected chi connectivity index (χ0v) is 15.6. The fourth-order valence-corrected chi connectivity index (χ4v) is 3.91. The molecule has 0 aliphatic heterocycles. The highest BCUT2D eigenvalue weighted by molar-refractivity contribution is 7.99. The lowest BCUT2D eigenvalue weighted by Crippen LogP contribution is -2.15. The number of carbonyl (C=O) groups is 1. The SMILES string of the molecule is CCn1c(SCC(=O)Nc2ccc(F)cc2Cl)nnc1-c1cccs1. The quantitative estimate of drug-likeness (QED) is 0.621. The molecule has 0 aliphatic carbocycles. The highest BCUT2D eigenvalue weighted by Gasteiger charge is 2.15. The zero-order chi connectivity index (χ0) is 17.8. The van der Waals surface area contributed by atoms with Crippen molar-refractivity contribution in [2.75, 3.05) is 11.1 Å².